The largest absolute Gasteiger partial charge is 0.350 e. The SMILES string of the molecule is CC(c1ccccc1)C(Cl)C(=O)NC(C)(C)C. The molecule has 3 heteroatoms. The maximum absolute atomic E-state index is 11.9. The topological polar surface area (TPSA) is 29.1 Å². The van der Waals surface area contributed by atoms with Gasteiger partial charge in [0.1, 0.15) is 5.38 Å². The zero-order valence-corrected chi connectivity index (χ0v) is 11.6. The van der Waals surface area contributed by atoms with Gasteiger partial charge in [-0.25, -0.2) is 0 Å². The highest BCUT2D eigenvalue weighted by molar-refractivity contribution is 6.31. The van der Waals surface area contributed by atoms with Gasteiger partial charge in [-0.3, -0.25) is 4.79 Å². The molecule has 0 heterocycles. The molecule has 0 spiro atoms. The molecule has 0 saturated heterocycles. The van der Waals surface area contributed by atoms with Crippen LogP contribution in [0.4, 0.5) is 0 Å². The third kappa shape index (κ3) is 4.39. The summed E-state index contributed by atoms with van der Waals surface area (Å²) in [5.74, 6) is -0.115. The summed E-state index contributed by atoms with van der Waals surface area (Å²) in [6.07, 6.45) is 0. The summed E-state index contributed by atoms with van der Waals surface area (Å²) in [5.41, 5.74) is 0.831. The van der Waals surface area contributed by atoms with Crippen molar-refractivity contribution >= 4 is 17.5 Å². The Labute approximate surface area is 108 Å². The first-order chi connectivity index (χ1) is 7.81. The van der Waals surface area contributed by atoms with Crippen molar-refractivity contribution in [2.24, 2.45) is 0 Å². The minimum Gasteiger partial charge on any atom is -0.350 e. The van der Waals surface area contributed by atoms with Crippen molar-refractivity contribution in [1.29, 1.82) is 0 Å². The van der Waals surface area contributed by atoms with E-state index in [2.05, 4.69) is 5.32 Å². The number of hydrogen-bond donors (Lipinski definition) is 1. The highest BCUT2D eigenvalue weighted by Crippen LogP contribution is 2.23. The van der Waals surface area contributed by atoms with Gasteiger partial charge in [-0.05, 0) is 26.3 Å². The van der Waals surface area contributed by atoms with Crippen molar-refractivity contribution in [3.05, 3.63) is 35.9 Å². The molecule has 1 amide bonds. The van der Waals surface area contributed by atoms with Crippen LogP contribution in [0.25, 0.3) is 0 Å². The second-order valence-corrected chi connectivity index (χ2v) is 5.81. The zero-order chi connectivity index (χ0) is 13.1. The molecule has 17 heavy (non-hydrogen) atoms. The zero-order valence-electron chi connectivity index (χ0n) is 10.8. The van der Waals surface area contributed by atoms with Crippen molar-refractivity contribution in [2.45, 2.75) is 44.5 Å². The predicted octanol–water partition coefficient (Wildman–Crippen LogP) is 3.31. The van der Waals surface area contributed by atoms with Crippen LogP contribution < -0.4 is 5.32 Å². The molecule has 0 radical (unpaired) electrons. The van der Waals surface area contributed by atoms with Crippen LogP contribution >= 0.6 is 11.6 Å². The molecule has 1 aromatic carbocycles. The summed E-state index contributed by atoms with van der Waals surface area (Å²) in [6, 6.07) is 9.84. The summed E-state index contributed by atoms with van der Waals surface area (Å²) in [6.45, 7) is 7.81. The van der Waals surface area contributed by atoms with E-state index < -0.39 is 5.38 Å². The average Bonchev–Trinajstić information content (AvgIpc) is 2.26. The molecule has 2 atom stereocenters. The first kappa shape index (κ1) is 14.0. The van der Waals surface area contributed by atoms with Gasteiger partial charge in [-0.2, -0.15) is 0 Å². The van der Waals surface area contributed by atoms with E-state index in [1.54, 1.807) is 0 Å². The van der Waals surface area contributed by atoms with Gasteiger partial charge < -0.3 is 5.32 Å². The second kappa shape index (κ2) is 5.54. The number of benzene rings is 1. The molecule has 0 fully saturated rings. The lowest BCUT2D eigenvalue weighted by molar-refractivity contribution is -0.122. The molecular weight excluding hydrogens is 234 g/mol. The van der Waals surface area contributed by atoms with Crippen molar-refractivity contribution < 1.29 is 4.79 Å². The molecule has 2 nitrogen and oxygen atoms in total. The van der Waals surface area contributed by atoms with E-state index in [9.17, 15) is 4.79 Å². The normalized spacial score (nSPS) is 15.1. The fraction of sp³-hybridized carbons (Fsp3) is 0.500. The Kier molecular flexibility index (Phi) is 4.58. The number of amides is 1. The number of carbonyl (C=O) groups is 1. The second-order valence-electron chi connectivity index (χ2n) is 5.34. The summed E-state index contributed by atoms with van der Waals surface area (Å²) in [5, 5.41) is 2.35. The van der Waals surface area contributed by atoms with Crippen LogP contribution in [0.15, 0.2) is 30.3 Å². The third-order valence-corrected chi connectivity index (χ3v) is 3.09. The Morgan fingerprint density at radius 3 is 2.24 bits per heavy atom. The van der Waals surface area contributed by atoms with Crippen LogP contribution in [-0.4, -0.2) is 16.8 Å². The number of rotatable bonds is 3. The first-order valence-corrected chi connectivity index (χ1v) is 6.26. The predicted molar refractivity (Wildman–Crippen MR) is 72.4 cm³/mol. The standard InChI is InChI=1S/C14H20ClNO/c1-10(11-8-6-5-7-9-11)12(15)13(17)16-14(2,3)4/h5-10,12H,1-4H3,(H,16,17). The molecule has 0 aromatic heterocycles. The Bertz CT molecular complexity index is 370. The van der Waals surface area contributed by atoms with Crippen molar-refractivity contribution in [2.75, 3.05) is 0 Å². The summed E-state index contributed by atoms with van der Waals surface area (Å²) >= 11 is 6.21. The monoisotopic (exact) mass is 253 g/mol. The van der Waals surface area contributed by atoms with Crippen molar-refractivity contribution in [3.8, 4) is 0 Å². The number of hydrogen-bond acceptors (Lipinski definition) is 1. The average molecular weight is 254 g/mol. The van der Waals surface area contributed by atoms with Crippen LogP contribution in [-0.2, 0) is 4.79 Å². The number of carbonyl (C=O) groups excluding carboxylic acids is 1. The summed E-state index contributed by atoms with van der Waals surface area (Å²) < 4.78 is 0. The van der Waals surface area contributed by atoms with Gasteiger partial charge in [0.05, 0.1) is 0 Å². The molecule has 0 aliphatic rings. The molecule has 2 unspecified atom stereocenters. The molecule has 1 rings (SSSR count). The van der Waals surface area contributed by atoms with Crippen LogP contribution in [0.5, 0.6) is 0 Å². The molecule has 1 N–H and O–H groups in total. The van der Waals surface area contributed by atoms with E-state index in [1.165, 1.54) is 0 Å². The smallest absolute Gasteiger partial charge is 0.239 e. The van der Waals surface area contributed by atoms with Gasteiger partial charge in [0.15, 0.2) is 0 Å². The van der Waals surface area contributed by atoms with E-state index in [0.29, 0.717) is 0 Å². The molecule has 0 bridgehead atoms. The fourth-order valence-electron chi connectivity index (χ4n) is 1.59. The maximum atomic E-state index is 11.9. The Morgan fingerprint density at radius 2 is 1.76 bits per heavy atom. The number of halogens is 1. The highest BCUT2D eigenvalue weighted by Gasteiger charge is 2.26. The number of alkyl halides is 1. The lowest BCUT2D eigenvalue weighted by Gasteiger charge is -2.25. The minimum absolute atomic E-state index is 0.000201. The lowest BCUT2D eigenvalue weighted by atomic mass is 9.96. The third-order valence-electron chi connectivity index (χ3n) is 2.51. The van der Waals surface area contributed by atoms with Gasteiger partial charge in [0.2, 0.25) is 5.91 Å². The molecule has 1 aromatic rings. The number of nitrogens with one attached hydrogen (secondary N) is 1. The van der Waals surface area contributed by atoms with Gasteiger partial charge in [0, 0.05) is 11.5 Å². The fourth-order valence-corrected chi connectivity index (χ4v) is 1.79. The summed E-state index contributed by atoms with van der Waals surface area (Å²) in [4.78, 5) is 11.9. The van der Waals surface area contributed by atoms with Crippen molar-refractivity contribution in [3.63, 3.8) is 0 Å². The quantitative estimate of drug-likeness (QED) is 0.823. The highest BCUT2D eigenvalue weighted by atomic mass is 35.5. The van der Waals surface area contributed by atoms with Crippen LogP contribution in [0.2, 0.25) is 0 Å². The van der Waals surface area contributed by atoms with Gasteiger partial charge in [-0.1, -0.05) is 37.3 Å². The summed E-state index contributed by atoms with van der Waals surface area (Å²) in [7, 11) is 0. The maximum Gasteiger partial charge on any atom is 0.239 e. The lowest BCUT2D eigenvalue weighted by Crippen LogP contribution is -2.45. The van der Waals surface area contributed by atoms with Crippen LogP contribution in [0.1, 0.15) is 39.2 Å². The minimum atomic E-state index is -0.545. The van der Waals surface area contributed by atoms with E-state index >= 15 is 0 Å². The molecule has 0 aliphatic carbocycles. The molecule has 0 aliphatic heterocycles. The van der Waals surface area contributed by atoms with Crippen molar-refractivity contribution in [1.82, 2.24) is 5.32 Å². The van der Waals surface area contributed by atoms with Crippen LogP contribution in [0, 0.1) is 0 Å². The van der Waals surface area contributed by atoms with Gasteiger partial charge in [0.25, 0.3) is 0 Å². The Balaban J connectivity index is 2.70. The Morgan fingerprint density at radius 1 is 1.24 bits per heavy atom. The van der Waals surface area contributed by atoms with Gasteiger partial charge in [-0.15, -0.1) is 11.6 Å². The Hall–Kier alpha value is -1.02. The molecule has 0 saturated carbocycles. The first-order valence-electron chi connectivity index (χ1n) is 5.82. The van der Waals surface area contributed by atoms with E-state index in [-0.39, 0.29) is 17.4 Å². The van der Waals surface area contributed by atoms with Crippen LogP contribution in [0.3, 0.4) is 0 Å². The van der Waals surface area contributed by atoms with E-state index in [0.717, 1.165) is 5.56 Å². The van der Waals surface area contributed by atoms with Gasteiger partial charge >= 0.3 is 0 Å². The molecule has 94 valence electrons. The van der Waals surface area contributed by atoms with E-state index in [4.69, 9.17) is 11.6 Å². The molecular formula is C14H20ClNO. The van der Waals surface area contributed by atoms with E-state index in [1.807, 2.05) is 58.0 Å².